The second-order valence-electron chi connectivity index (χ2n) is 3.46. The topological polar surface area (TPSA) is 24.5 Å². The zero-order valence-electron chi connectivity index (χ0n) is 8.18. The van der Waals surface area contributed by atoms with E-state index in [1.807, 2.05) is 7.05 Å². The van der Waals surface area contributed by atoms with Crippen molar-refractivity contribution in [1.29, 1.82) is 0 Å². The molecular formula is C9H20N2O. The highest BCUT2D eigenvalue weighted by Crippen LogP contribution is 2.09. The highest BCUT2D eigenvalue weighted by molar-refractivity contribution is 4.72. The maximum Gasteiger partial charge on any atom is 0.0622 e. The molecule has 0 aromatic rings. The summed E-state index contributed by atoms with van der Waals surface area (Å²) in [7, 11) is 4.19. The molecule has 1 heterocycles. The Morgan fingerprint density at radius 1 is 1.58 bits per heavy atom. The molecule has 0 radical (unpaired) electrons. The van der Waals surface area contributed by atoms with Crippen LogP contribution in [0.25, 0.3) is 0 Å². The molecule has 3 heteroatoms. The summed E-state index contributed by atoms with van der Waals surface area (Å²) in [5, 5.41) is 3.16. The molecule has 0 spiro atoms. The molecule has 1 rings (SSSR count). The van der Waals surface area contributed by atoms with Gasteiger partial charge in [0.25, 0.3) is 0 Å². The second kappa shape index (κ2) is 5.51. The Balaban J connectivity index is 2.11. The maximum atomic E-state index is 5.42. The molecule has 1 N–H and O–H groups in total. The van der Waals surface area contributed by atoms with Crippen molar-refractivity contribution in [2.24, 2.45) is 0 Å². The van der Waals surface area contributed by atoms with Crippen molar-refractivity contribution in [3.05, 3.63) is 0 Å². The fraction of sp³-hybridized carbons (Fsp3) is 1.00. The molecule has 1 aliphatic rings. The lowest BCUT2D eigenvalue weighted by Crippen LogP contribution is -2.42. The molecule has 72 valence electrons. The summed E-state index contributed by atoms with van der Waals surface area (Å²) in [4.78, 5) is 2.40. The van der Waals surface area contributed by atoms with Crippen LogP contribution in [0, 0.1) is 0 Å². The summed E-state index contributed by atoms with van der Waals surface area (Å²) < 4.78 is 5.42. The minimum absolute atomic E-state index is 0.645. The Morgan fingerprint density at radius 2 is 2.42 bits per heavy atom. The number of ether oxygens (including phenoxy) is 1. The number of rotatable bonds is 4. The predicted molar refractivity (Wildman–Crippen MR) is 50.4 cm³/mol. The SMILES string of the molecule is CNCCCC1COCCN1C. The highest BCUT2D eigenvalue weighted by Gasteiger charge is 2.18. The van der Waals surface area contributed by atoms with E-state index < -0.39 is 0 Å². The van der Waals surface area contributed by atoms with E-state index in [1.165, 1.54) is 12.8 Å². The molecule has 1 fully saturated rings. The van der Waals surface area contributed by atoms with Gasteiger partial charge in [-0.15, -0.1) is 0 Å². The van der Waals surface area contributed by atoms with Crippen LogP contribution in [0.4, 0.5) is 0 Å². The number of nitrogens with zero attached hydrogens (tertiary/aromatic N) is 1. The molecule has 0 saturated carbocycles. The molecule has 1 saturated heterocycles. The molecule has 0 bridgehead atoms. The van der Waals surface area contributed by atoms with Gasteiger partial charge in [0.15, 0.2) is 0 Å². The van der Waals surface area contributed by atoms with Gasteiger partial charge in [-0.3, -0.25) is 4.90 Å². The average Bonchev–Trinajstić information content (AvgIpc) is 2.09. The van der Waals surface area contributed by atoms with Crippen LogP contribution in [0.3, 0.4) is 0 Å². The third-order valence-corrected chi connectivity index (χ3v) is 2.49. The predicted octanol–water partition coefficient (Wildman–Crippen LogP) is 0.317. The van der Waals surface area contributed by atoms with Gasteiger partial charge < -0.3 is 10.1 Å². The summed E-state index contributed by atoms with van der Waals surface area (Å²) in [5.41, 5.74) is 0. The molecule has 0 amide bonds. The number of hydrogen-bond acceptors (Lipinski definition) is 3. The van der Waals surface area contributed by atoms with Gasteiger partial charge in [-0.25, -0.2) is 0 Å². The summed E-state index contributed by atoms with van der Waals surface area (Å²) in [5.74, 6) is 0. The lowest BCUT2D eigenvalue weighted by molar-refractivity contribution is 0.00241. The maximum absolute atomic E-state index is 5.42. The monoisotopic (exact) mass is 172 g/mol. The Kier molecular flexibility index (Phi) is 4.58. The van der Waals surface area contributed by atoms with E-state index in [9.17, 15) is 0 Å². The number of nitrogens with one attached hydrogen (secondary N) is 1. The van der Waals surface area contributed by atoms with Gasteiger partial charge >= 0.3 is 0 Å². The Labute approximate surface area is 75.1 Å². The van der Waals surface area contributed by atoms with E-state index >= 15 is 0 Å². The first-order valence-corrected chi connectivity index (χ1v) is 4.77. The lowest BCUT2D eigenvalue weighted by atomic mass is 10.1. The van der Waals surface area contributed by atoms with Crippen molar-refractivity contribution >= 4 is 0 Å². The van der Waals surface area contributed by atoms with Gasteiger partial charge in [-0.05, 0) is 33.5 Å². The highest BCUT2D eigenvalue weighted by atomic mass is 16.5. The van der Waals surface area contributed by atoms with Crippen molar-refractivity contribution in [2.45, 2.75) is 18.9 Å². The van der Waals surface area contributed by atoms with Crippen molar-refractivity contribution in [1.82, 2.24) is 10.2 Å². The fourth-order valence-corrected chi connectivity index (χ4v) is 1.56. The molecule has 0 aromatic heterocycles. The third kappa shape index (κ3) is 3.09. The van der Waals surface area contributed by atoms with Crippen LogP contribution in [0.15, 0.2) is 0 Å². The van der Waals surface area contributed by atoms with Gasteiger partial charge in [-0.2, -0.15) is 0 Å². The largest absolute Gasteiger partial charge is 0.378 e. The van der Waals surface area contributed by atoms with E-state index in [0.29, 0.717) is 6.04 Å². The van der Waals surface area contributed by atoms with Crippen molar-refractivity contribution in [3.8, 4) is 0 Å². The Bertz CT molecular complexity index is 119. The molecule has 12 heavy (non-hydrogen) atoms. The van der Waals surface area contributed by atoms with E-state index in [4.69, 9.17) is 4.74 Å². The zero-order valence-corrected chi connectivity index (χ0v) is 8.18. The zero-order chi connectivity index (χ0) is 8.81. The molecular weight excluding hydrogens is 152 g/mol. The standard InChI is InChI=1S/C9H20N2O/c1-10-5-3-4-9-8-12-7-6-11(9)2/h9-10H,3-8H2,1-2H3. The lowest BCUT2D eigenvalue weighted by Gasteiger charge is -2.32. The fourth-order valence-electron chi connectivity index (χ4n) is 1.56. The first kappa shape index (κ1) is 9.96. The molecule has 0 aromatic carbocycles. The quantitative estimate of drug-likeness (QED) is 0.618. The summed E-state index contributed by atoms with van der Waals surface area (Å²) in [6.45, 7) is 4.02. The summed E-state index contributed by atoms with van der Waals surface area (Å²) >= 11 is 0. The molecule has 1 aliphatic heterocycles. The number of likely N-dealkylation sites (N-methyl/N-ethyl adjacent to an activating group) is 1. The molecule has 0 aliphatic carbocycles. The van der Waals surface area contributed by atoms with Crippen LogP contribution >= 0.6 is 0 Å². The van der Waals surface area contributed by atoms with Crippen LogP contribution in [0.1, 0.15) is 12.8 Å². The van der Waals surface area contributed by atoms with E-state index in [1.54, 1.807) is 0 Å². The molecule has 1 unspecified atom stereocenters. The third-order valence-electron chi connectivity index (χ3n) is 2.49. The normalized spacial score (nSPS) is 26.0. The minimum Gasteiger partial charge on any atom is -0.378 e. The Hall–Kier alpha value is -0.120. The van der Waals surface area contributed by atoms with Crippen molar-refractivity contribution < 1.29 is 4.74 Å². The summed E-state index contributed by atoms with van der Waals surface area (Å²) in [6, 6.07) is 0.645. The van der Waals surface area contributed by atoms with Gasteiger partial charge in [0.2, 0.25) is 0 Å². The van der Waals surface area contributed by atoms with Gasteiger partial charge in [0, 0.05) is 12.6 Å². The van der Waals surface area contributed by atoms with Gasteiger partial charge in [0.1, 0.15) is 0 Å². The average molecular weight is 172 g/mol. The van der Waals surface area contributed by atoms with Crippen LogP contribution in [-0.4, -0.2) is 51.3 Å². The first-order valence-electron chi connectivity index (χ1n) is 4.77. The molecule has 1 atom stereocenters. The van der Waals surface area contributed by atoms with Crippen LogP contribution in [0.2, 0.25) is 0 Å². The van der Waals surface area contributed by atoms with E-state index in [2.05, 4.69) is 17.3 Å². The van der Waals surface area contributed by atoms with Crippen molar-refractivity contribution in [2.75, 3.05) is 40.4 Å². The van der Waals surface area contributed by atoms with Crippen LogP contribution in [-0.2, 0) is 4.74 Å². The first-order chi connectivity index (χ1) is 5.84. The van der Waals surface area contributed by atoms with Crippen molar-refractivity contribution in [3.63, 3.8) is 0 Å². The smallest absolute Gasteiger partial charge is 0.0622 e. The Morgan fingerprint density at radius 3 is 3.08 bits per heavy atom. The van der Waals surface area contributed by atoms with E-state index in [0.717, 1.165) is 26.3 Å². The van der Waals surface area contributed by atoms with Crippen LogP contribution < -0.4 is 5.32 Å². The number of morpholine rings is 1. The van der Waals surface area contributed by atoms with Gasteiger partial charge in [-0.1, -0.05) is 0 Å². The van der Waals surface area contributed by atoms with Crippen LogP contribution in [0.5, 0.6) is 0 Å². The van der Waals surface area contributed by atoms with Gasteiger partial charge in [0.05, 0.1) is 13.2 Å². The second-order valence-corrected chi connectivity index (χ2v) is 3.46. The summed E-state index contributed by atoms with van der Waals surface area (Å²) in [6.07, 6.45) is 2.49. The molecule has 3 nitrogen and oxygen atoms in total. The van der Waals surface area contributed by atoms with E-state index in [-0.39, 0.29) is 0 Å². The number of hydrogen-bond donors (Lipinski definition) is 1. The minimum atomic E-state index is 0.645.